The van der Waals surface area contributed by atoms with E-state index in [1.807, 2.05) is 31.9 Å². The van der Waals surface area contributed by atoms with Gasteiger partial charge in [-0.15, -0.1) is 11.3 Å². The minimum atomic E-state index is -4.93. The molecule has 1 aliphatic rings. The molecular formula is C27H25F4N5O2S. The van der Waals surface area contributed by atoms with Crippen LogP contribution in [0.1, 0.15) is 29.8 Å². The molecular weight excluding hydrogens is 534 g/mol. The molecule has 0 saturated carbocycles. The third-order valence-electron chi connectivity index (χ3n) is 7.14. The van der Waals surface area contributed by atoms with Gasteiger partial charge in [0.05, 0.1) is 38.2 Å². The van der Waals surface area contributed by atoms with E-state index in [1.54, 1.807) is 17.6 Å². The van der Waals surface area contributed by atoms with E-state index in [0.717, 1.165) is 10.9 Å². The predicted octanol–water partition coefficient (Wildman–Crippen LogP) is 5.59. The number of aromatic amines is 1. The van der Waals surface area contributed by atoms with Crippen LogP contribution in [-0.2, 0) is 6.18 Å². The van der Waals surface area contributed by atoms with Crippen LogP contribution in [0.3, 0.4) is 0 Å². The number of benzene rings is 2. The molecule has 0 radical (unpaired) electrons. The van der Waals surface area contributed by atoms with Crippen LogP contribution in [0, 0.1) is 5.82 Å². The summed E-state index contributed by atoms with van der Waals surface area (Å²) in [4.78, 5) is 35.4. The molecule has 1 amide bonds. The van der Waals surface area contributed by atoms with Gasteiger partial charge in [0.1, 0.15) is 5.82 Å². The standard InChI is InChI=1S/C27H25F4N5O2S/c1-14-11-36(12-15(2)35(14)3)25-20(34-26(38)17-10-32-23(37)9-18(17)27(29,30)31)6-5-19(28)24(25)16-4-7-22-21(8-16)33-13-39-22/h4-10,13-15H,11-12H2,1-3H3,(H,32,37)(H,34,38)/t14-,15+. The molecule has 1 saturated heterocycles. The van der Waals surface area contributed by atoms with E-state index in [0.29, 0.717) is 35.9 Å². The zero-order chi connectivity index (χ0) is 28.1. The molecule has 1 aliphatic heterocycles. The van der Waals surface area contributed by atoms with Crippen LogP contribution in [0.4, 0.5) is 28.9 Å². The fraction of sp³-hybridized carbons (Fsp3) is 0.296. The zero-order valence-electron chi connectivity index (χ0n) is 21.3. The minimum Gasteiger partial charge on any atom is -0.366 e. The van der Waals surface area contributed by atoms with Crippen LogP contribution in [-0.4, -0.2) is 53.0 Å². The van der Waals surface area contributed by atoms with Crippen molar-refractivity contribution in [1.29, 1.82) is 0 Å². The molecule has 204 valence electrons. The van der Waals surface area contributed by atoms with E-state index < -0.39 is 34.6 Å². The average molecular weight is 560 g/mol. The van der Waals surface area contributed by atoms with Crippen molar-refractivity contribution in [1.82, 2.24) is 14.9 Å². The van der Waals surface area contributed by atoms with E-state index in [9.17, 15) is 22.8 Å². The van der Waals surface area contributed by atoms with E-state index in [2.05, 4.69) is 20.2 Å². The number of hydrogen-bond donors (Lipinski definition) is 2. The molecule has 0 spiro atoms. The Morgan fingerprint density at radius 3 is 2.54 bits per heavy atom. The van der Waals surface area contributed by atoms with Crippen LogP contribution in [0.15, 0.2) is 52.9 Å². The molecule has 5 rings (SSSR count). The maximum Gasteiger partial charge on any atom is 0.417 e. The number of carbonyl (C=O) groups is 1. The topological polar surface area (TPSA) is 81.3 Å². The lowest BCUT2D eigenvalue weighted by Gasteiger charge is -2.44. The molecule has 2 N–H and O–H groups in total. The van der Waals surface area contributed by atoms with E-state index in [1.165, 1.54) is 23.5 Å². The molecule has 2 aromatic carbocycles. The Bertz CT molecular complexity index is 1600. The maximum absolute atomic E-state index is 15.6. The molecule has 0 unspecified atom stereocenters. The second-order valence-electron chi connectivity index (χ2n) is 9.70. The van der Waals surface area contributed by atoms with E-state index >= 15 is 4.39 Å². The van der Waals surface area contributed by atoms with Gasteiger partial charge in [-0.05, 0) is 50.7 Å². The van der Waals surface area contributed by atoms with Crippen LogP contribution in [0.5, 0.6) is 0 Å². The summed E-state index contributed by atoms with van der Waals surface area (Å²) in [7, 11) is 1.99. The van der Waals surface area contributed by atoms with Crippen molar-refractivity contribution < 1.29 is 22.4 Å². The summed E-state index contributed by atoms with van der Waals surface area (Å²) in [6.07, 6.45) is -4.19. The Balaban J connectivity index is 1.66. The number of thiazole rings is 1. The van der Waals surface area contributed by atoms with Crippen molar-refractivity contribution in [3.8, 4) is 11.1 Å². The summed E-state index contributed by atoms with van der Waals surface area (Å²) in [5.74, 6) is -1.63. The van der Waals surface area contributed by atoms with Crippen molar-refractivity contribution >= 4 is 38.8 Å². The number of anilines is 2. The summed E-state index contributed by atoms with van der Waals surface area (Å²) < 4.78 is 57.5. The number of rotatable bonds is 4. The summed E-state index contributed by atoms with van der Waals surface area (Å²) in [5.41, 5.74) is 0.531. The molecule has 0 bridgehead atoms. The van der Waals surface area contributed by atoms with Gasteiger partial charge in [0.2, 0.25) is 5.56 Å². The fourth-order valence-electron chi connectivity index (χ4n) is 4.95. The quantitative estimate of drug-likeness (QED) is 0.319. The highest BCUT2D eigenvalue weighted by Crippen LogP contribution is 2.42. The molecule has 7 nitrogen and oxygen atoms in total. The molecule has 3 heterocycles. The molecule has 2 aromatic heterocycles. The number of fused-ring (bicyclic) bond motifs is 1. The molecule has 0 aliphatic carbocycles. The maximum atomic E-state index is 15.6. The Morgan fingerprint density at radius 1 is 1.13 bits per heavy atom. The number of hydrogen-bond acceptors (Lipinski definition) is 6. The van der Waals surface area contributed by atoms with Crippen molar-refractivity contribution in [2.45, 2.75) is 32.1 Å². The first kappa shape index (κ1) is 26.8. The normalized spacial score (nSPS) is 18.5. The number of pyridine rings is 1. The number of nitrogens with one attached hydrogen (secondary N) is 2. The smallest absolute Gasteiger partial charge is 0.366 e. The SMILES string of the molecule is C[C@@H]1CN(c2c(NC(=O)c3c[nH]c(=O)cc3C(F)(F)F)ccc(F)c2-c2ccc3scnc3c2)C[C@H](C)N1C. The van der Waals surface area contributed by atoms with Crippen LogP contribution >= 0.6 is 11.3 Å². The number of piperazine rings is 1. The number of carbonyl (C=O) groups excluding carboxylic acids is 1. The number of halogens is 4. The lowest BCUT2D eigenvalue weighted by molar-refractivity contribution is -0.138. The largest absolute Gasteiger partial charge is 0.417 e. The average Bonchev–Trinajstić information content (AvgIpc) is 3.35. The van der Waals surface area contributed by atoms with Crippen LogP contribution in [0.2, 0.25) is 0 Å². The summed E-state index contributed by atoms with van der Waals surface area (Å²) >= 11 is 1.45. The number of amides is 1. The van der Waals surface area contributed by atoms with Crippen molar-refractivity contribution in [2.24, 2.45) is 0 Å². The van der Waals surface area contributed by atoms with E-state index in [-0.39, 0.29) is 23.3 Å². The Hall–Kier alpha value is -3.77. The zero-order valence-corrected chi connectivity index (χ0v) is 22.1. The predicted molar refractivity (Wildman–Crippen MR) is 144 cm³/mol. The molecule has 1 fully saturated rings. The second kappa shape index (κ2) is 10.1. The van der Waals surface area contributed by atoms with Gasteiger partial charge in [-0.1, -0.05) is 6.07 Å². The van der Waals surface area contributed by atoms with E-state index in [4.69, 9.17) is 0 Å². The highest BCUT2D eigenvalue weighted by Gasteiger charge is 2.36. The van der Waals surface area contributed by atoms with Gasteiger partial charge >= 0.3 is 6.18 Å². The molecule has 2 atom stereocenters. The van der Waals surface area contributed by atoms with Gasteiger partial charge in [-0.25, -0.2) is 9.37 Å². The summed E-state index contributed by atoms with van der Waals surface area (Å²) in [6.45, 7) is 5.03. The van der Waals surface area contributed by atoms with Gasteiger partial charge in [0, 0.05) is 43.0 Å². The fourth-order valence-corrected chi connectivity index (χ4v) is 5.61. The van der Waals surface area contributed by atoms with Gasteiger partial charge in [0.25, 0.3) is 5.91 Å². The highest BCUT2D eigenvalue weighted by atomic mass is 32.1. The Kier molecular flexibility index (Phi) is 6.93. The molecule has 39 heavy (non-hydrogen) atoms. The van der Waals surface area contributed by atoms with Crippen LogP contribution < -0.4 is 15.8 Å². The number of likely N-dealkylation sites (N-methyl/N-ethyl adjacent to an activating group) is 1. The lowest BCUT2D eigenvalue weighted by Crippen LogP contribution is -2.55. The van der Waals surface area contributed by atoms with Crippen LogP contribution in [0.25, 0.3) is 21.3 Å². The van der Waals surface area contributed by atoms with Crippen molar-refractivity contribution in [3.63, 3.8) is 0 Å². The third kappa shape index (κ3) is 5.13. The van der Waals surface area contributed by atoms with Gasteiger partial charge in [-0.2, -0.15) is 13.2 Å². The number of alkyl halides is 3. The summed E-state index contributed by atoms with van der Waals surface area (Å²) in [6, 6.07) is 8.38. The first-order valence-electron chi connectivity index (χ1n) is 12.2. The van der Waals surface area contributed by atoms with Gasteiger partial charge in [0.15, 0.2) is 0 Å². The number of nitrogens with zero attached hydrogens (tertiary/aromatic N) is 3. The van der Waals surface area contributed by atoms with Crippen molar-refractivity contribution in [3.05, 3.63) is 75.4 Å². The molecule has 4 aromatic rings. The Labute approximate surface area is 225 Å². The lowest BCUT2D eigenvalue weighted by atomic mass is 9.98. The molecule has 12 heteroatoms. The monoisotopic (exact) mass is 559 g/mol. The minimum absolute atomic E-state index is 0.0745. The summed E-state index contributed by atoms with van der Waals surface area (Å²) in [5, 5.41) is 2.57. The Morgan fingerprint density at radius 2 is 1.85 bits per heavy atom. The second-order valence-corrected chi connectivity index (χ2v) is 10.6. The highest BCUT2D eigenvalue weighted by molar-refractivity contribution is 7.16. The van der Waals surface area contributed by atoms with Crippen molar-refractivity contribution in [2.75, 3.05) is 30.4 Å². The number of aromatic nitrogens is 2. The first-order valence-corrected chi connectivity index (χ1v) is 13.1. The van der Waals surface area contributed by atoms with Gasteiger partial charge in [-0.3, -0.25) is 14.5 Å². The first-order chi connectivity index (χ1) is 18.4. The third-order valence-corrected chi connectivity index (χ3v) is 7.95. The number of H-pyrrole nitrogens is 1. The van der Waals surface area contributed by atoms with Gasteiger partial charge < -0.3 is 15.2 Å².